The average molecular weight is 235 g/mol. The molecule has 2 nitrogen and oxygen atoms in total. The Kier molecular flexibility index (Phi) is 3.01. The normalized spacial score (nSPS) is 10.8. The van der Waals surface area contributed by atoms with Crippen LogP contribution >= 0.6 is 11.6 Å². The highest BCUT2D eigenvalue weighted by atomic mass is 35.5. The Hall–Kier alpha value is -1.28. The van der Waals surface area contributed by atoms with E-state index in [1.807, 2.05) is 17.7 Å². The van der Waals surface area contributed by atoms with Gasteiger partial charge in [-0.3, -0.25) is 0 Å². The number of nitrogens with zero attached hydrogens (tertiary/aromatic N) is 2. The predicted molar refractivity (Wildman–Crippen MR) is 67.3 cm³/mol. The van der Waals surface area contributed by atoms with Gasteiger partial charge in [-0.1, -0.05) is 12.1 Å². The van der Waals surface area contributed by atoms with E-state index in [9.17, 15) is 0 Å². The van der Waals surface area contributed by atoms with E-state index in [0.29, 0.717) is 5.88 Å². The van der Waals surface area contributed by atoms with Gasteiger partial charge in [-0.25, -0.2) is 4.68 Å². The van der Waals surface area contributed by atoms with Gasteiger partial charge in [-0.2, -0.15) is 5.10 Å². The molecule has 0 unspecified atom stereocenters. The fourth-order valence-electron chi connectivity index (χ4n) is 1.80. The van der Waals surface area contributed by atoms with E-state index in [4.69, 9.17) is 11.6 Å². The van der Waals surface area contributed by atoms with Gasteiger partial charge < -0.3 is 0 Å². The number of hydrogen-bond donors (Lipinski definition) is 0. The first-order valence-corrected chi connectivity index (χ1v) is 5.84. The number of benzene rings is 1. The second kappa shape index (κ2) is 4.30. The number of aromatic nitrogens is 2. The van der Waals surface area contributed by atoms with E-state index in [2.05, 4.69) is 37.1 Å². The van der Waals surface area contributed by atoms with Crippen molar-refractivity contribution in [2.24, 2.45) is 0 Å². The van der Waals surface area contributed by atoms with Crippen molar-refractivity contribution >= 4 is 11.6 Å². The Morgan fingerprint density at radius 2 is 1.94 bits per heavy atom. The Balaban J connectivity index is 2.57. The molecule has 0 atom stereocenters. The molecule has 0 N–H and O–H groups in total. The van der Waals surface area contributed by atoms with Crippen molar-refractivity contribution < 1.29 is 0 Å². The second-order valence-corrected chi connectivity index (χ2v) is 4.38. The number of hydrogen-bond acceptors (Lipinski definition) is 1. The molecule has 2 aromatic rings. The average Bonchev–Trinajstić information content (AvgIpc) is 2.63. The van der Waals surface area contributed by atoms with Gasteiger partial charge in [0.2, 0.25) is 0 Å². The van der Waals surface area contributed by atoms with E-state index in [-0.39, 0.29) is 0 Å². The number of aryl methyl sites for hydroxylation is 3. The minimum absolute atomic E-state index is 0.457. The van der Waals surface area contributed by atoms with Crippen LogP contribution in [-0.2, 0) is 5.88 Å². The maximum Gasteiger partial charge on any atom is 0.0779 e. The van der Waals surface area contributed by atoms with Crippen molar-refractivity contribution in [1.82, 2.24) is 9.78 Å². The molecule has 0 aliphatic rings. The maximum atomic E-state index is 5.79. The highest BCUT2D eigenvalue weighted by Crippen LogP contribution is 2.18. The van der Waals surface area contributed by atoms with Crippen LogP contribution in [0.5, 0.6) is 0 Å². The largest absolute Gasteiger partial charge is 0.238 e. The quantitative estimate of drug-likeness (QED) is 0.727. The molecule has 0 amide bonds. The molecule has 0 spiro atoms. The van der Waals surface area contributed by atoms with Gasteiger partial charge >= 0.3 is 0 Å². The zero-order valence-electron chi connectivity index (χ0n) is 9.79. The smallest absolute Gasteiger partial charge is 0.0779 e. The van der Waals surface area contributed by atoms with Crippen LogP contribution in [-0.4, -0.2) is 9.78 Å². The predicted octanol–water partition coefficient (Wildman–Crippen LogP) is 3.54. The highest BCUT2D eigenvalue weighted by molar-refractivity contribution is 6.16. The first-order chi connectivity index (χ1) is 7.61. The molecule has 0 aliphatic heterocycles. The topological polar surface area (TPSA) is 17.8 Å². The molecule has 1 aromatic carbocycles. The fraction of sp³-hybridized carbons (Fsp3) is 0.308. The van der Waals surface area contributed by atoms with Gasteiger partial charge in [-0.05, 0) is 44.0 Å². The van der Waals surface area contributed by atoms with Crippen molar-refractivity contribution in [3.63, 3.8) is 0 Å². The standard InChI is InChI=1S/C13H15ClN2/c1-9-4-5-10(2)13(6-9)16-11(3)7-12(8-14)15-16/h4-7H,8H2,1-3H3. The summed E-state index contributed by atoms with van der Waals surface area (Å²) in [6.07, 6.45) is 0. The van der Waals surface area contributed by atoms with Crippen LogP contribution < -0.4 is 0 Å². The lowest BCUT2D eigenvalue weighted by atomic mass is 10.1. The monoisotopic (exact) mass is 234 g/mol. The summed E-state index contributed by atoms with van der Waals surface area (Å²) in [5.74, 6) is 0.457. The molecule has 16 heavy (non-hydrogen) atoms. The Labute approximate surface area is 101 Å². The third-order valence-corrected chi connectivity index (χ3v) is 2.94. The molecule has 0 bridgehead atoms. The Bertz CT molecular complexity index is 515. The molecule has 2 rings (SSSR count). The van der Waals surface area contributed by atoms with Crippen LogP contribution in [0.15, 0.2) is 24.3 Å². The number of halogens is 1. The summed E-state index contributed by atoms with van der Waals surface area (Å²) in [6.45, 7) is 6.23. The first-order valence-electron chi connectivity index (χ1n) is 5.31. The summed E-state index contributed by atoms with van der Waals surface area (Å²) in [6, 6.07) is 8.40. The summed E-state index contributed by atoms with van der Waals surface area (Å²) < 4.78 is 1.96. The van der Waals surface area contributed by atoms with E-state index in [1.165, 1.54) is 11.1 Å². The molecule has 1 aromatic heterocycles. The van der Waals surface area contributed by atoms with Crippen molar-refractivity contribution in [1.29, 1.82) is 0 Å². The third-order valence-electron chi connectivity index (χ3n) is 2.67. The highest BCUT2D eigenvalue weighted by Gasteiger charge is 2.07. The van der Waals surface area contributed by atoms with Gasteiger partial charge in [0.15, 0.2) is 0 Å². The molecular formula is C13H15ClN2. The lowest BCUT2D eigenvalue weighted by Crippen LogP contribution is -2.02. The molecule has 0 saturated heterocycles. The molecular weight excluding hydrogens is 220 g/mol. The lowest BCUT2D eigenvalue weighted by molar-refractivity contribution is 0.823. The molecule has 1 heterocycles. The second-order valence-electron chi connectivity index (χ2n) is 4.11. The van der Waals surface area contributed by atoms with E-state index >= 15 is 0 Å². The van der Waals surface area contributed by atoms with Crippen LogP contribution in [0.4, 0.5) is 0 Å². The molecule has 0 fully saturated rings. The summed E-state index contributed by atoms with van der Waals surface area (Å²) >= 11 is 5.79. The fourth-order valence-corrected chi connectivity index (χ4v) is 1.93. The summed E-state index contributed by atoms with van der Waals surface area (Å²) in [7, 11) is 0. The van der Waals surface area contributed by atoms with Gasteiger partial charge in [0.25, 0.3) is 0 Å². The van der Waals surface area contributed by atoms with E-state index in [1.54, 1.807) is 0 Å². The van der Waals surface area contributed by atoms with E-state index < -0.39 is 0 Å². The van der Waals surface area contributed by atoms with Crippen molar-refractivity contribution in [3.8, 4) is 5.69 Å². The minimum Gasteiger partial charge on any atom is -0.238 e. The molecule has 0 radical (unpaired) electrons. The van der Waals surface area contributed by atoms with Crippen LogP contribution in [0.25, 0.3) is 5.69 Å². The van der Waals surface area contributed by atoms with Gasteiger partial charge in [0, 0.05) is 5.69 Å². The SMILES string of the molecule is Cc1ccc(C)c(-n2nc(CCl)cc2C)c1. The summed E-state index contributed by atoms with van der Waals surface area (Å²) in [4.78, 5) is 0. The minimum atomic E-state index is 0.457. The molecule has 0 aliphatic carbocycles. The first kappa shape index (κ1) is 11.2. The van der Waals surface area contributed by atoms with Gasteiger partial charge in [0.05, 0.1) is 17.3 Å². The van der Waals surface area contributed by atoms with Crippen LogP contribution in [0.2, 0.25) is 0 Å². The number of alkyl halides is 1. The van der Waals surface area contributed by atoms with Gasteiger partial charge in [0.1, 0.15) is 0 Å². The Morgan fingerprint density at radius 1 is 1.19 bits per heavy atom. The molecule has 0 saturated carbocycles. The lowest BCUT2D eigenvalue weighted by Gasteiger charge is -2.08. The van der Waals surface area contributed by atoms with Crippen LogP contribution in [0.3, 0.4) is 0 Å². The maximum absolute atomic E-state index is 5.79. The van der Waals surface area contributed by atoms with E-state index in [0.717, 1.165) is 17.1 Å². The van der Waals surface area contributed by atoms with Crippen LogP contribution in [0.1, 0.15) is 22.5 Å². The zero-order chi connectivity index (χ0) is 11.7. The summed E-state index contributed by atoms with van der Waals surface area (Å²) in [5, 5.41) is 4.49. The number of rotatable bonds is 2. The van der Waals surface area contributed by atoms with Crippen molar-refractivity contribution in [2.45, 2.75) is 26.7 Å². The van der Waals surface area contributed by atoms with Crippen LogP contribution in [0, 0.1) is 20.8 Å². The molecule has 84 valence electrons. The third kappa shape index (κ3) is 1.98. The Morgan fingerprint density at radius 3 is 2.56 bits per heavy atom. The van der Waals surface area contributed by atoms with Crippen molar-refractivity contribution in [3.05, 3.63) is 46.8 Å². The summed E-state index contributed by atoms with van der Waals surface area (Å²) in [5.41, 5.74) is 5.62. The molecule has 3 heteroatoms. The van der Waals surface area contributed by atoms with Gasteiger partial charge in [-0.15, -0.1) is 11.6 Å². The zero-order valence-corrected chi connectivity index (χ0v) is 10.5. The van der Waals surface area contributed by atoms with Crippen molar-refractivity contribution in [2.75, 3.05) is 0 Å².